The Morgan fingerprint density at radius 3 is 2.50 bits per heavy atom. The zero-order valence-corrected chi connectivity index (χ0v) is 11.8. The van der Waals surface area contributed by atoms with Crippen LogP contribution in [0.5, 0.6) is 5.75 Å². The summed E-state index contributed by atoms with van der Waals surface area (Å²) < 4.78 is 5.05. The van der Waals surface area contributed by atoms with Crippen LogP contribution >= 0.6 is 23.2 Å². The Hall–Kier alpha value is -1.26. The van der Waals surface area contributed by atoms with Gasteiger partial charge in [-0.25, -0.2) is 4.79 Å². The van der Waals surface area contributed by atoms with E-state index in [4.69, 9.17) is 32.8 Å². The SMILES string of the molecule is CC/C(C)=N/OC(=O)c1c(Cl)ccc(Cl)c1OC. The number of hydrogen-bond donors (Lipinski definition) is 0. The molecule has 0 amide bonds. The molecule has 1 aromatic carbocycles. The summed E-state index contributed by atoms with van der Waals surface area (Å²) in [5.74, 6) is -0.523. The van der Waals surface area contributed by atoms with Crippen molar-refractivity contribution in [3.8, 4) is 5.75 Å². The Balaban J connectivity index is 3.09. The monoisotopic (exact) mass is 289 g/mol. The Labute approximate surface area is 115 Å². The van der Waals surface area contributed by atoms with Crippen molar-refractivity contribution in [2.75, 3.05) is 7.11 Å². The highest BCUT2D eigenvalue weighted by molar-refractivity contribution is 6.37. The predicted octanol–water partition coefficient (Wildman–Crippen LogP) is 3.94. The van der Waals surface area contributed by atoms with Crippen LogP contribution in [0.3, 0.4) is 0 Å². The van der Waals surface area contributed by atoms with Gasteiger partial charge in [0.05, 0.1) is 22.9 Å². The largest absolute Gasteiger partial charge is 0.494 e. The molecule has 1 aromatic rings. The zero-order valence-electron chi connectivity index (χ0n) is 10.3. The summed E-state index contributed by atoms with van der Waals surface area (Å²) in [5, 5.41) is 4.16. The summed E-state index contributed by atoms with van der Waals surface area (Å²) in [6.07, 6.45) is 0.688. The van der Waals surface area contributed by atoms with Crippen LogP contribution in [0.25, 0.3) is 0 Å². The first-order valence-corrected chi connectivity index (χ1v) is 6.03. The first-order chi connectivity index (χ1) is 8.51. The van der Waals surface area contributed by atoms with Gasteiger partial charge in [-0.3, -0.25) is 0 Å². The Kier molecular flexibility index (Phi) is 5.44. The molecule has 4 nitrogen and oxygen atoms in total. The average Bonchev–Trinajstić information content (AvgIpc) is 2.37. The van der Waals surface area contributed by atoms with Crippen LogP contribution in [0.2, 0.25) is 10.0 Å². The zero-order chi connectivity index (χ0) is 13.7. The molecule has 0 atom stereocenters. The molecule has 0 saturated heterocycles. The molecule has 0 saturated carbocycles. The second kappa shape index (κ2) is 6.61. The number of benzene rings is 1. The van der Waals surface area contributed by atoms with Crippen LogP contribution in [-0.4, -0.2) is 18.8 Å². The summed E-state index contributed by atoms with van der Waals surface area (Å²) in [6.45, 7) is 3.66. The normalized spacial score (nSPS) is 11.3. The molecule has 0 aliphatic rings. The van der Waals surface area contributed by atoms with E-state index in [1.807, 2.05) is 6.92 Å². The van der Waals surface area contributed by atoms with Gasteiger partial charge in [0.2, 0.25) is 0 Å². The van der Waals surface area contributed by atoms with Gasteiger partial charge >= 0.3 is 5.97 Å². The maximum absolute atomic E-state index is 11.9. The fraction of sp³-hybridized carbons (Fsp3) is 0.333. The van der Waals surface area contributed by atoms with E-state index in [9.17, 15) is 4.79 Å². The second-order valence-electron chi connectivity index (χ2n) is 3.50. The van der Waals surface area contributed by atoms with Crippen molar-refractivity contribution in [2.24, 2.45) is 5.16 Å². The van der Waals surface area contributed by atoms with Crippen molar-refractivity contribution < 1.29 is 14.4 Å². The molecule has 0 radical (unpaired) electrons. The number of oxime groups is 1. The number of carbonyl (C=O) groups is 1. The minimum atomic E-state index is -0.702. The van der Waals surface area contributed by atoms with Crippen LogP contribution in [0.15, 0.2) is 17.3 Å². The molecule has 0 aliphatic heterocycles. The standard InChI is InChI=1S/C12H13Cl2NO3/c1-4-7(2)15-18-12(16)10-8(13)5-6-9(14)11(10)17-3/h5-6H,4H2,1-3H3/b15-7+. The quantitative estimate of drug-likeness (QED) is 0.479. The molecule has 0 heterocycles. The third kappa shape index (κ3) is 3.37. The molecular weight excluding hydrogens is 277 g/mol. The summed E-state index contributed by atoms with van der Waals surface area (Å²) in [6, 6.07) is 3.04. The van der Waals surface area contributed by atoms with E-state index >= 15 is 0 Å². The van der Waals surface area contributed by atoms with Gasteiger partial charge in [-0.15, -0.1) is 0 Å². The Morgan fingerprint density at radius 2 is 1.94 bits per heavy atom. The molecule has 6 heteroatoms. The van der Waals surface area contributed by atoms with Crippen LogP contribution in [0.4, 0.5) is 0 Å². The van der Waals surface area contributed by atoms with E-state index < -0.39 is 5.97 Å². The van der Waals surface area contributed by atoms with Crippen molar-refractivity contribution in [3.63, 3.8) is 0 Å². The molecular formula is C12H13Cl2NO3. The second-order valence-corrected chi connectivity index (χ2v) is 4.31. The smallest absolute Gasteiger partial charge is 0.371 e. The van der Waals surface area contributed by atoms with Crippen molar-refractivity contribution in [3.05, 3.63) is 27.7 Å². The first kappa shape index (κ1) is 14.8. The molecule has 0 N–H and O–H groups in total. The lowest BCUT2D eigenvalue weighted by atomic mass is 10.2. The number of carbonyl (C=O) groups excluding carboxylic acids is 1. The molecule has 0 bridgehead atoms. The summed E-state index contributed by atoms with van der Waals surface area (Å²) in [5.41, 5.74) is 0.764. The minimum absolute atomic E-state index is 0.0688. The van der Waals surface area contributed by atoms with Crippen molar-refractivity contribution >= 4 is 34.9 Å². The molecule has 0 aliphatic carbocycles. The van der Waals surface area contributed by atoms with Gasteiger partial charge in [0, 0.05) is 0 Å². The van der Waals surface area contributed by atoms with Crippen LogP contribution in [0, 0.1) is 0 Å². The summed E-state index contributed by atoms with van der Waals surface area (Å²) in [4.78, 5) is 16.7. The maximum atomic E-state index is 11.9. The number of rotatable bonds is 4. The van der Waals surface area contributed by atoms with E-state index in [2.05, 4.69) is 5.16 Å². The number of halogens is 2. The number of methoxy groups -OCH3 is 1. The fourth-order valence-corrected chi connectivity index (χ4v) is 1.61. The molecule has 0 fully saturated rings. The molecule has 0 unspecified atom stereocenters. The van der Waals surface area contributed by atoms with Crippen LogP contribution in [-0.2, 0) is 4.84 Å². The van der Waals surface area contributed by atoms with Crippen LogP contribution < -0.4 is 4.74 Å². The molecule has 0 spiro atoms. The Bertz CT molecular complexity index is 486. The predicted molar refractivity (Wildman–Crippen MR) is 71.8 cm³/mol. The van der Waals surface area contributed by atoms with Gasteiger partial charge in [-0.05, 0) is 25.5 Å². The fourth-order valence-electron chi connectivity index (χ4n) is 1.15. The van der Waals surface area contributed by atoms with Gasteiger partial charge in [-0.1, -0.05) is 35.3 Å². The highest BCUT2D eigenvalue weighted by atomic mass is 35.5. The first-order valence-electron chi connectivity index (χ1n) is 5.28. The summed E-state index contributed by atoms with van der Waals surface area (Å²) >= 11 is 11.8. The maximum Gasteiger partial charge on any atom is 0.371 e. The lowest BCUT2D eigenvalue weighted by Crippen LogP contribution is -2.06. The number of nitrogens with zero attached hydrogens (tertiary/aromatic N) is 1. The minimum Gasteiger partial charge on any atom is -0.494 e. The van der Waals surface area contributed by atoms with E-state index in [1.165, 1.54) is 13.2 Å². The van der Waals surface area contributed by atoms with Gasteiger partial charge in [0.1, 0.15) is 5.56 Å². The van der Waals surface area contributed by atoms with Crippen molar-refractivity contribution in [1.82, 2.24) is 0 Å². The van der Waals surface area contributed by atoms with Gasteiger partial charge < -0.3 is 9.57 Å². The van der Waals surface area contributed by atoms with Crippen molar-refractivity contribution in [1.29, 1.82) is 0 Å². The molecule has 98 valence electrons. The van der Waals surface area contributed by atoms with Gasteiger partial charge in [-0.2, -0.15) is 0 Å². The van der Waals surface area contributed by atoms with E-state index in [-0.39, 0.29) is 21.4 Å². The lowest BCUT2D eigenvalue weighted by Gasteiger charge is -2.09. The van der Waals surface area contributed by atoms with Gasteiger partial charge in [0.25, 0.3) is 0 Å². The van der Waals surface area contributed by atoms with E-state index in [1.54, 1.807) is 13.0 Å². The Morgan fingerprint density at radius 1 is 1.33 bits per heavy atom. The molecule has 18 heavy (non-hydrogen) atoms. The topological polar surface area (TPSA) is 47.9 Å². The average molecular weight is 290 g/mol. The molecule has 1 rings (SSSR count). The third-order valence-corrected chi connectivity index (χ3v) is 2.88. The highest BCUT2D eigenvalue weighted by Crippen LogP contribution is 2.34. The highest BCUT2D eigenvalue weighted by Gasteiger charge is 2.21. The number of hydrogen-bond acceptors (Lipinski definition) is 4. The van der Waals surface area contributed by atoms with E-state index in [0.717, 1.165) is 0 Å². The van der Waals surface area contributed by atoms with Crippen molar-refractivity contribution in [2.45, 2.75) is 20.3 Å². The van der Waals surface area contributed by atoms with Gasteiger partial charge in [0.15, 0.2) is 5.75 Å². The summed E-state index contributed by atoms with van der Waals surface area (Å²) in [7, 11) is 1.40. The van der Waals surface area contributed by atoms with E-state index in [0.29, 0.717) is 12.1 Å². The lowest BCUT2D eigenvalue weighted by molar-refractivity contribution is 0.0511. The number of ether oxygens (including phenoxy) is 1. The third-order valence-electron chi connectivity index (χ3n) is 2.26. The van der Waals surface area contributed by atoms with Crippen LogP contribution in [0.1, 0.15) is 30.6 Å². The molecule has 0 aromatic heterocycles.